The number of halogens is 2. The molecular formula is C19H12ClFN2O2. The van der Waals surface area contributed by atoms with Gasteiger partial charge in [0.25, 0.3) is 0 Å². The highest BCUT2D eigenvalue weighted by Crippen LogP contribution is 2.42. The lowest BCUT2D eigenvalue weighted by molar-refractivity contribution is 0.0687. The molecule has 1 aromatic heterocycles. The number of carbonyl (C=O) groups is 1. The lowest BCUT2D eigenvalue weighted by Crippen LogP contribution is -2.05. The third-order valence-electron chi connectivity index (χ3n) is 3.97. The Hall–Kier alpha value is -3.10. The Morgan fingerprint density at radius 1 is 1.16 bits per heavy atom. The largest absolute Gasteiger partial charge is 0.477 e. The standard InChI is InChI=1S/C19H12ClFN2O2/c1-22-16-15(17(19(24)25)23(2)18(16)20)12-9-7-11(8-10-12)13-5-3-4-6-14(13)21/h3-10H,2H3,(H,24,25). The monoisotopic (exact) mass is 354 g/mol. The predicted molar refractivity (Wildman–Crippen MR) is 94.5 cm³/mol. The van der Waals surface area contributed by atoms with Crippen LogP contribution in [0.15, 0.2) is 48.5 Å². The van der Waals surface area contributed by atoms with Crippen molar-refractivity contribution in [1.29, 1.82) is 0 Å². The van der Waals surface area contributed by atoms with Gasteiger partial charge < -0.3 is 9.67 Å². The van der Waals surface area contributed by atoms with Crippen molar-refractivity contribution in [3.63, 3.8) is 0 Å². The molecule has 0 aliphatic carbocycles. The van der Waals surface area contributed by atoms with Crippen LogP contribution in [0.4, 0.5) is 10.1 Å². The summed E-state index contributed by atoms with van der Waals surface area (Å²) < 4.78 is 15.2. The Balaban J connectivity index is 2.16. The van der Waals surface area contributed by atoms with Crippen molar-refractivity contribution >= 4 is 23.3 Å². The zero-order valence-corrected chi connectivity index (χ0v) is 13.9. The first-order valence-corrected chi connectivity index (χ1v) is 7.67. The van der Waals surface area contributed by atoms with Crippen molar-refractivity contribution in [2.45, 2.75) is 0 Å². The summed E-state index contributed by atoms with van der Waals surface area (Å²) in [5, 5.41) is 9.55. The molecule has 4 nitrogen and oxygen atoms in total. The van der Waals surface area contributed by atoms with Crippen molar-refractivity contribution in [3.8, 4) is 22.3 Å². The summed E-state index contributed by atoms with van der Waals surface area (Å²) in [7, 11) is 1.50. The fourth-order valence-electron chi connectivity index (χ4n) is 2.78. The average molecular weight is 355 g/mol. The summed E-state index contributed by atoms with van der Waals surface area (Å²) >= 11 is 6.10. The summed E-state index contributed by atoms with van der Waals surface area (Å²) in [6.45, 7) is 7.32. The van der Waals surface area contributed by atoms with E-state index in [0.717, 1.165) is 0 Å². The highest BCUT2D eigenvalue weighted by molar-refractivity contribution is 6.34. The number of aromatic carboxylic acids is 1. The second kappa shape index (κ2) is 6.42. The molecule has 1 N–H and O–H groups in total. The van der Waals surface area contributed by atoms with E-state index in [0.29, 0.717) is 16.7 Å². The van der Waals surface area contributed by atoms with Crippen LogP contribution >= 0.6 is 11.6 Å². The van der Waals surface area contributed by atoms with Gasteiger partial charge in [-0.15, -0.1) is 0 Å². The Morgan fingerprint density at radius 2 is 1.76 bits per heavy atom. The van der Waals surface area contributed by atoms with Crippen molar-refractivity contribution in [2.24, 2.45) is 7.05 Å². The summed E-state index contributed by atoms with van der Waals surface area (Å²) in [6, 6.07) is 13.1. The topological polar surface area (TPSA) is 46.6 Å². The Labute approximate surface area is 148 Å². The molecule has 0 saturated carbocycles. The molecule has 0 saturated heterocycles. The van der Waals surface area contributed by atoms with Gasteiger partial charge in [-0.2, -0.15) is 0 Å². The van der Waals surface area contributed by atoms with Crippen LogP contribution in [0.25, 0.3) is 27.1 Å². The summed E-state index contributed by atoms with van der Waals surface area (Å²) in [5.41, 5.74) is 1.92. The van der Waals surface area contributed by atoms with Crippen molar-refractivity contribution in [1.82, 2.24) is 4.57 Å². The third kappa shape index (κ3) is 2.77. The van der Waals surface area contributed by atoms with Crippen LogP contribution in [0.5, 0.6) is 0 Å². The SMILES string of the molecule is [C-]#[N+]c1c(-c2ccc(-c3ccccc3F)cc2)c(C(=O)O)n(C)c1Cl. The van der Waals surface area contributed by atoms with Gasteiger partial charge in [0.2, 0.25) is 5.69 Å². The second-order valence-corrected chi connectivity index (χ2v) is 5.75. The molecule has 0 fully saturated rings. The number of aromatic nitrogens is 1. The number of hydrogen-bond acceptors (Lipinski definition) is 1. The molecule has 3 aromatic rings. The first-order chi connectivity index (χ1) is 12.0. The molecule has 124 valence electrons. The van der Waals surface area contributed by atoms with Crippen LogP contribution in [0.1, 0.15) is 10.5 Å². The fraction of sp³-hybridized carbons (Fsp3) is 0.0526. The van der Waals surface area contributed by atoms with Crippen LogP contribution in [0, 0.1) is 12.4 Å². The number of benzene rings is 2. The molecule has 0 unspecified atom stereocenters. The van der Waals surface area contributed by atoms with Gasteiger partial charge in [0.05, 0.1) is 6.57 Å². The van der Waals surface area contributed by atoms with Crippen molar-refractivity contribution in [2.75, 3.05) is 0 Å². The maximum Gasteiger partial charge on any atom is 0.351 e. The van der Waals surface area contributed by atoms with Crippen LogP contribution < -0.4 is 0 Å². The Bertz CT molecular complexity index is 1020. The van der Waals surface area contributed by atoms with E-state index in [1.165, 1.54) is 17.7 Å². The minimum atomic E-state index is -1.17. The highest BCUT2D eigenvalue weighted by Gasteiger charge is 2.25. The van der Waals surface area contributed by atoms with Gasteiger partial charge in [-0.3, -0.25) is 0 Å². The molecule has 0 bridgehead atoms. The van der Waals surface area contributed by atoms with Crippen LogP contribution in [-0.2, 0) is 7.05 Å². The molecule has 1 heterocycles. The fourth-order valence-corrected chi connectivity index (χ4v) is 3.00. The zero-order valence-electron chi connectivity index (χ0n) is 13.1. The highest BCUT2D eigenvalue weighted by atomic mass is 35.5. The summed E-state index contributed by atoms with van der Waals surface area (Å²) in [5.74, 6) is -1.52. The predicted octanol–water partition coefficient (Wildman–Crippen LogP) is 5.40. The Kier molecular flexibility index (Phi) is 4.30. The molecule has 25 heavy (non-hydrogen) atoms. The van der Waals surface area contributed by atoms with Crippen LogP contribution in [0.2, 0.25) is 5.15 Å². The molecular weight excluding hydrogens is 343 g/mol. The van der Waals surface area contributed by atoms with E-state index in [1.54, 1.807) is 42.5 Å². The normalized spacial score (nSPS) is 10.5. The van der Waals surface area contributed by atoms with Gasteiger partial charge in [0.1, 0.15) is 16.7 Å². The molecule has 3 rings (SSSR count). The number of carboxylic acid groups (broad SMARTS) is 1. The van der Waals surface area contributed by atoms with Gasteiger partial charge >= 0.3 is 5.97 Å². The first kappa shape index (κ1) is 16.7. The van der Waals surface area contributed by atoms with Crippen LogP contribution in [-0.4, -0.2) is 15.6 Å². The maximum atomic E-state index is 13.9. The molecule has 0 radical (unpaired) electrons. The Morgan fingerprint density at radius 3 is 2.32 bits per heavy atom. The summed E-state index contributed by atoms with van der Waals surface area (Å²) in [4.78, 5) is 15.0. The number of hydrogen-bond donors (Lipinski definition) is 1. The number of carboxylic acids is 1. The molecule has 0 amide bonds. The van der Waals surface area contributed by atoms with E-state index in [4.69, 9.17) is 18.2 Å². The minimum absolute atomic E-state index is 0.0605. The number of rotatable bonds is 3. The molecule has 2 aromatic carbocycles. The van der Waals surface area contributed by atoms with E-state index in [9.17, 15) is 14.3 Å². The van der Waals surface area contributed by atoms with Gasteiger partial charge in [-0.1, -0.05) is 54.1 Å². The zero-order chi connectivity index (χ0) is 18.1. The van der Waals surface area contributed by atoms with Crippen molar-refractivity contribution in [3.05, 3.63) is 76.6 Å². The molecule has 0 spiro atoms. The van der Waals surface area contributed by atoms with Gasteiger partial charge in [-0.05, 0) is 17.2 Å². The second-order valence-electron chi connectivity index (χ2n) is 5.40. The van der Waals surface area contributed by atoms with Crippen molar-refractivity contribution < 1.29 is 14.3 Å². The summed E-state index contributed by atoms with van der Waals surface area (Å²) in [6.07, 6.45) is 0. The lowest BCUT2D eigenvalue weighted by Gasteiger charge is -2.07. The molecule has 0 aliphatic heterocycles. The van der Waals surface area contributed by atoms with E-state index in [1.807, 2.05) is 0 Å². The van der Waals surface area contributed by atoms with E-state index in [2.05, 4.69) is 4.85 Å². The van der Waals surface area contributed by atoms with E-state index in [-0.39, 0.29) is 27.9 Å². The van der Waals surface area contributed by atoms with E-state index >= 15 is 0 Å². The average Bonchev–Trinajstić information content (AvgIpc) is 2.86. The number of nitrogens with zero attached hydrogens (tertiary/aromatic N) is 2. The van der Waals surface area contributed by atoms with Gasteiger partial charge in [-0.25, -0.2) is 14.0 Å². The maximum absolute atomic E-state index is 13.9. The van der Waals surface area contributed by atoms with Crippen LogP contribution in [0.3, 0.4) is 0 Å². The quantitative estimate of drug-likeness (QED) is 0.640. The molecule has 0 aliphatic rings. The molecule has 6 heteroatoms. The van der Waals surface area contributed by atoms with E-state index < -0.39 is 5.97 Å². The first-order valence-electron chi connectivity index (χ1n) is 7.30. The smallest absolute Gasteiger partial charge is 0.351 e. The van der Waals surface area contributed by atoms with Gasteiger partial charge in [0.15, 0.2) is 0 Å². The lowest BCUT2D eigenvalue weighted by atomic mass is 9.99. The minimum Gasteiger partial charge on any atom is -0.477 e. The van der Waals surface area contributed by atoms with Gasteiger partial charge in [0, 0.05) is 18.2 Å². The molecule has 0 atom stereocenters. The third-order valence-corrected chi connectivity index (χ3v) is 4.40.